The molecule has 2 aromatic carbocycles. The molecule has 0 aliphatic heterocycles. The summed E-state index contributed by atoms with van der Waals surface area (Å²) in [6, 6.07) is 19.7. The van der Waals surface area contributed by atoms with E-state index in [-0.39, 0.29) is 0 Å². The second-order valence-electron chi connectivity index (χ2n) is 2.67. The van der Waals surface area contributed by atoms with Crippen molar-refractivity contribution in [3.63, 3.8) is 0 Å². The molecule has 2 rings (SSSR count). The van der Waals surface area contributed by atoms with Gasteiger partial charge in [-0.2, -0.15) is 0 Å². The molecule has 0 saturated carbocycles. The second kappa shape index (κ2) is 6.57. The molecule has 2 aromatic rings. The van der Waals surface area contributed by atoms with Crippen molar-refractivity contribution in [2.45, 2.75) is 9.79 Å². The van der Waals surface area contributed by atoms with E-state index in [2.05, 4.69) is 25.3 Å². The Balaban J connectivity index is 0.000000146. The molecule has 0 radical (unpaired) electrons. The molecular formula is C12H12S2. The third-order valence-corrected chi connectivity index (χ3v) is 2.05. The van der Waals surface area contributed by atoms with Crippen LogP contribution in [0.1, 0.15) is 0 Å². The Labute approximate surface area is 95.8 Å². The van der Waals surface area contributed by atoms with Crippen LogP contribution in [0.15, 0.2) is 70.5 Å². The Bertz CT molecular complexity index is 314. The van der Waals surface area contributed by atoms with Gasteiger partial charge in [-0.05, 0) is 18.2 Å². The molecule has 0 saturated heterocycles. The third-order valence-electron chi connectivity index (χ3n) is 1.50. The average molecular weight is 220 g/mol. The summed E-state index contributed by atoms with van der Waals surface area (Å²) in [6.45, 7) is 0. The van der Waals surface area contributed by atoms with Gasteiger partial charge in [0.05, 0.1) is 0 Å². The van der Waals surface area contributed by atoms with Gasteiger partial charge in [0, 0.05) is 9.79 Å². The van der Waals surface area contributed by atoms with Crippen LogP contribution in [0.4, 0.5) is 0 Å². The van der Waals surface area contributed by atoms with Crippen molar-refractivity contribution in [1.29, 1.82) is 0 Å². The van der Waals surface area contributed by atoms with E-state index in [0.717, 1.165) is 9.79 Å². The van der Waals surface area contributed by atoms with E-state index in [1.807, 2.05) is 60.7 Å². The Morgan fingerprint density at radius 1 is 0.571 bits per heavy atom. The van der Waals surface area contributed by atoms with E-state index in [1.165, 1.54) is 0 Å². The van der Waals surface area contributed by atoms with Crippen LogP contribution in [-0.4, -0.2) is 0 Å². The number of hydrogen-bond donors (Lipinski definition) is 2. The highest BCUT2D eigenvalue weighted by Gasteiger charge is 1.82. The molecule has 72 valence electrons. The highest BCUT2D eigenvalue weighted by Crippen LogP contribution is 2.10. The van der Waals surface area contributed by atoms with Crippen molar-refractivity contribution in [3.8, 4) is 0 Å². The van der Waals surface area contributed by atoms with Crippen LogP contribution in [0.25, 0.3) is 0 Å². The molecular weight excluding hydrogens is 208 g/mol. The summed E-state index contributed by atoms with van der Waals surface area (Å²) in [5.41, 5.74) is 0. The lowest BCUT2D eigenvalue weighted by Crippen LogP contribution is -1.63. The lowest BCUT2D eigenvalue weighted by Gasteiger charge is -1.89. The first-order chi connectivity index (χ1) is 6.79. The van der Waals surface area contributed by atoms with E-state index >= 15 is 0 Å². The average Bonchev–Trinajstić information content (AvgIpc) is 2.21. The fraction of sp³-hybridized carbons (Fsp3) is 0. The monoisotopic (exact) mass is 220 g/mol. The summed E-state index contributed by atoms with van der Waals surface area (Å²) >= 11 is 8.21. The molecule has 0 unspecified atom stereocenters. The van der Waals surface area contributed by atoms with E-state index in [9.17, 15) is 0 Å². The van der Waals surface area contributed by atoms with Gasteiger partial charge < -0.3 is 0 Å². The molecule has 0 atom stereocenters. The van der Waals surface area contributed by atoms with Gasteiger partial charge in [-0.3, -0.25) is 0 Å². The summed E-state index contributed by atoms with van der Waals surface area (Å²) in [6.07, 6.45) is 0. The highest BCUT2D eigenvalue weighted by atomic mass is 32.1. The maximum absolute atomic E-state index is 4.11. The van der Waals surface area contributed by atoms with Gasteiger partial charge in [0.2, 0.25) is 0 Å². The lowest BCUT2D eigenvalue weighted by atomic mass is 10.4. The molecule has 0 nitrogen and oxygen atoms in total. The molecule has 0 aromatic heterocycles. The molecule has 14 heavy (non-hydrogen) atoms. The molecule has 0 N–H and O–H groups in total. The van der Waals surface area contributed by atoms with Gasteiger partial charge in [0.15, 0.2) is 0 Å². The minimum atomic E-state index is 0.956. The second-order valence-corrected chi connectivity index (χ2v) is 3.71. The largest absolute Gasteiger partial charge is 0.143 e. The van der Waals surface area contributed by atoms with Gasteiger partial charge in [-0.15, -0.1) is 25.3 Å². The Hall–Kier alpha value is -0.860. The molecule has 0 bridgehead atoms. The summed E-state index contributed by atoms with van der Waals surface area (Å²) in [5.74, 6) is 0. The van der Waals surface area contributed by atoms with Gasteiger partial charge in [0.25, 0.3) is 0 Å². The van der Waals surface area contributed by atoms with Crippen molar-refractivity contribution >= 4 is 25.3 Å². The SMILES string of the molecule is Sc1cccc(S)c1.c1ccccc1. The van der Waals surface area contributed by atoms with Gasteiger partial charge in [0.1, 0.15) is 0 Å². The first kappa shape index (κ1) is 11.2. The summed E-state index contributed by atoms with van der Waals surface area (Å²) in [7, 11) is 0. The van der Waals surface area contributed by atoms with Crippen LogP contribution in [0, 0.1) is 0 Å². The molecule has 0 aliphatic carbocycles. The maximum atomic E-state index is 4.11. The fourth-order valence-electron chi connectivity index (χ4n) is 0.878. The van der Waals surface area contributed by atoms with Crippen LogP contribution in [0.2, 0.25) is 0 Å². The summed E-state index contributed by atoms with van der Waals surface area (Å²) in [4.78, 5) is 1.91. The molecule has 2 heteroatoms. The van der Waals surface area contributed by atoms with Gasteiger partial charge in [-0.25, -0.2) is 0 Å². The summed E-state index contributed by atoms with van der Waals surface area (Å²) < 4.78 is 0. The zero-order valence-corrected chi connectivity index (χ0v) is 9.46. The number of rotatable bonds is 0. The molecule has 0 fully saturated rings. The number of hydrogen-bond acceptors (Lipinski definition) is 2. The molecule has 0 aliphatic rings. The van der Waals surface area contributed by atoms with E-state index in [0.29, 0.717) is 0 Å². The van der Waals surface area contributed by atoms with E-state index in [1.54, 1.807) is 0 Å². The smallest absolute Gasteiger partial charge is 0.00510 e. The van der Waals surface area contributed by atoms with Crippen molar-refractivity contribution in [2.75, 3.05) is 0 Å². The molecule has 0 heterocycles. The topological polar surface area (TPSA) is 0 Å². The number of benzene rings is 2. The Kier molecular flexibility index (Phi) is 5.27. The van der Waals surface area contributed by atoms with Crippen molar-refractivity contribution in [2.24, 2.45) is 0 Å². The van der Waals surface area contributed by atoms with Crippen molar-refractivity contribution in [3.05, 3.63) is 60.7 Å². The van der Waals surface area contributed by atoms with E-state index < -0.39 is 0 Å². The van der Waals surface area contributed by atoms with Crippen LogP contribution in [0.3, 0.4) is 0 Å². The van der Waals surface area contributed by atoms with Crippen LogP contribution in [0.5, 0.6) is 0 Å². The fourth-order valence-corrected chi connectivity index (χ4v) is 1.43. The van der Waals surface area contributed by atoms with Crippen molar-refractivity contribution in [1.82, 2.24) is 0 Å². The van der Waals surface area contributed by atoms with Gasteiger partial charge >= 0.3 is 0 Å². The Morgan fingerprint density at radius 3 is 1.14 bits per heavy atom. The highest BCUT2D eigenvalue weighted by molar-refractivity contribution is 7.81. The van der Waals surface area contributed by atoms with Crippen LogP contribution >= 0.6 is 25.3 Å². The zero-order chi connectivity index (χ0) is 10.2. The third kappa shape index (κ3) is 5.00. The first-order valence-electron chi connectivity index (χ1n) is 4.27. The Morgan fingerprint density at radius 2 is 0.929 bits per heavy atom. The minimum Gasteiger partial charge on any atom is -0.143 e. The van der Waals surface area contributed by atoms with Crippen molar-refractivity contribution < 1.29 is 0 Å². The zero-order valence-electron chi connectivity index (χ0n) is 7.67. The quantitative estimate of drug-likeness (QED) is 0.617. The normalized spacial score (nSPS) is 8.71. The lowest BCUT2D eigenvalue weighted by molar-refractivity contribution is 1.35. The first-order valence-corrected chi connectivity index (χ1v) is 5.16. The predicted octanol–water partition coefficient (Wildman–Crippen LogP) is 3.95. The maximum Gasteiger partial charge on any atom is 0.00510 e. The van der Waals surface area contributed by atoms with Crippen LogP contribution < -0.4 is 0 Å². The minimum absolute atomic E-state index is 0.956. The summed E-state index contributed by atoms with van der Waals surface area (Å²) in [5, 5.41) is 0. The standard InChI is InChI=1S/C6H6S2.C6H6/c7-5-2-1-3-6(8)4-5;1-2-4-6-5-3-1/h1-4,7-8H;1-6H. The molecule has 0 spiro atoms. The molecule has 0 amide bonds. The van der Waals surface area contributed by atoms with Crippen LogP contribution in [-0.2, 0) is 0 Å². The van der Waals surface area contributed by atoms with Gasteiger partial charge in [-0.1, -0.05) is 42.5 Å². The number of thiol groups is 2. The van der Waals surface area contributed by atoms with E-state index in [4.69, 9.17) is 0 Å². The predicted molar refractivity (Wildman–Crippen MR) is 67.4 cm³/mol.